The van der Waals surface area contributed by atoms with Crippen molar-refractivity contribution in [2.45, 2.75) is 0 Å². The molecule has 0 unspecified atom stereocenters. The third kappa shape index (κ3) is 2.60. The predicted octanol–water partition coefficient (Wildman–Crippen LogP) is 3.54. The molecule has 0 aliphatic heterocycles. The first-order valence-corrected chi connectivity index (χ1v) is 3.75. The molecule has 56 valence electrons. The molecule has 0 spiro atoms. The van der Waals surface area contributed by atoms with Crippen molar-refractivity contribution in [1.29, 1.82) is 0 Å². The van der Waals surface area contributed by atoms with E-state index in [4.69, 9.17) is 11.6 Å². The van der Waals surface area contributed by atoms with Gasteiger partial charge >= 0.3 is 0 Å². The Labute approximate surface area is 71.8 Å². The summed E-state index contributed by atoms with van der Waals surface area (Å²) in [5, 5.41) is 0.765. The molecule has 0 radical (unpaired) electrons. The average molecular weight is 165 g/mol. The molecule has 1 rings (SSSR count). The monoisotopic (exact) mass is 164 g/mol. The molecule has 0 aromatic heterocycles. The van der Waals surface area contributed by atoms with E-state index in [1.165, 1.54) is 0 Å². The Balaban J connectivity index is 2.81. The van der Waals surface area contributed by atoms with Crippen LogP contribution in [-0.2, 0) is 0 Å². The second kappa shape index (κ2) is 3.99. The van der Waals surface area contributed by atoms with Gasteiger partial charge in [-0.25, -0.2) is 0 Å². The summed E-state index contributed by atoms with van der Waals surface area (Å²) in [6, 6.07) is 7.65. The van der Waals surface area contributed by atoms with Crippen molar-refractivity contribution in [2.75, 3.05) is 0 Å². The number of allylic oxidation sites excluding steroid dienone is 2. The first-order chi connectivity index (χ1) is 5.33. The van der Waals surface area contributed by atoms with Crippen molar-refractivity contribution < 1.29 is 0 Å². The van der Waals surface area contributed by atoms with E-state index in [2.05, 4.69) is 6.58 Å². The van der Waals surface area contributed by atoms with Gasteiger partial charge in [-0.05, 0) is 17.7 Å². The molecule has 0 saturated heterocycles. The smallest absolute Gasteiger partial charge is 0.0406 e. The van der Waals surface area contributed by atoms with Gasteiger partial charge in [-0.3, -0.25) is 0 Å². The Morgan fingerprint density at radius 3 is 2.36 bits per heavy atom. The lowest BCUT2D eigenvalue weighted by Gasteiger charge is -1.91. The maximum Gasteiger partial charge on any atom is 0.0406 e. The van der Waals surface area contributed by atoms with Crippen molar-refractivity contribution >= 4 is 17.7 Å². The van der Waals surface area contributed by atoms with Gasteiger partial charge in [-0.2, -0.15) is 0 Å². The van der Waals surface area contributed by atoms with Gasteiger partial charge in [0.2, 0.25) is 0 Å². The third-order valence-electron chi connectivity index (χ3n) is 1.29. The lowest BCUT2D eigenvalue weighted by molar-refractivity contribution is 1.66. The second-order valence-corrected chi connectivity index (χ2v) is 2.58. The third-order valence-corrected chi connectivity index (χ3v) is 1.55. The molecule has 0 nitrogen and oxygen atoms in total. The molecule has 0 amide bonds. The fourth-order valence-electron chi connectivity index (χ4n) is 0.753. The van der Waals surface area contributed by atoms with Crippen molar-refractivity contribution in [3.05, 3.63) is 53.6 Å². The van der Waals surface area contributed by atoms with Crippen molar-refractivity contribution in [1.82, 2.24) is 0 Å². The standard InChI is InChI=1S/C10H9Cl/c1-2-3-4-9-5-7-10(11)8-6-9/h2-8H,1H2. The van der Waals surface area contributed by atoms with E-state index < -0.39 is 0 Å². The van der Waals surface area contributed by atoms with E-state index in [0.717, 1.165) is 10.6 Å². The summed E-state index contributed by atoms with van der Waals surface area (Å²) in [5.41, 5.74) is 1.13. The molecule has 0 fully saturated rings. The minimum Gasteiger partial charge on any atom is -0.0991 e. The van der Waals surface area contributed by atoms with Crippen LogP contribution in [0.25, 0.3) is 6.08 Å². The Morgan fingerprint density at radius 1 is 1.18 bits per heavy atom. The summed E-state index contributed by atoms with van der Waals surface area (Å²) in [6.45, 7) is 3.58. The summed E-state index contributed by atoms with van der Waals surface area (Å²) in [5.74, 6) is 0. The number of hydrogen-bond acceptors (Lipinski definition) is 0. The highest BCUT2D eigenvalue weighted by Crippen LogP contribution is 2.10. The van der Waals surface area contributed by atoms with Gasteiger partial charge in [0.15, 0.2) is 0 Å². The molecule has 0 atom stereocenters. The molecular weight excluding hydrogens is 156 g/mol. The molecule has 0 saturated carbocycles. The summed E-state index contributed by atoms with van der Waals surface area (Å²) < 4.78 is 0. The lowest BCUT2D eigenvalue weighted by atomic mass is 10.2. The minimum absolute atomic E-state index is 0.765. The molecular formula is C10H9Cl. The Bertz CT molecular complexity index is 257. The first kappa shape index (κ1) is 8.09. The van der Waals surface area contributed by atoms with E-state index in [-0.39, 0.29) is 0 Å². The zero-order valence-electron chi connectivity index (χ0n) is 6.13. The van der Waals surface area contributed by atoms with Crippen molar-refractivity contribution in [3.63, 3.8) is 0 Å². The number of rotatable bonds is 2. The van der Waals surface area contributed by atoms with Crippen molar-refractivity contribution in [2.24, 2.45) is 0 Å². The maximum atomic E-state index is 5.70. The second-order valence-electron chi connectivity index (χ2n) is 2.15. The van der Waals surface area contributed by atoms with Gasteiger partial charge in [0.05, 0.1) is 0 Å². The molecule has 0 bridgehead atoms. The predicted molar refractivity (Wildman–Crippen MR) is 50.7 cm³/mol. The van der Waals surface area contributed by atoms with Crippen LogP contribution in [0.2, 0.25) is 5.02 Å². The average Bonchev–Trinajstić information content (AvgIpc) is 2.04. The molecule has 0 aliphatic carbocycles. The zero-order chi connectivity index (χ0) is 8.10. The van der Waals surface area contributed by atoms with Gasteiger partial charge < -0.3 is 0 Å². The first-order valence-electron chi connectivity index (χ1n) is 3.37. The Morgan fingerprint density at radius 2 is 1.82 bits per heavy atom. The van der Waals surface area contributed by atoms with Crippen LogP contribution in [0.3, 0.4) is 0 Å². The maximum absolute atomic E-state index is 5.70. The highest BCUT2D eigenvalue weighted by molar-refractivity contribution is 6.30. The summed E-state index contributed by atoms with van der Waals surface area (Å²) in [4.78, 5) is 0. The van der Waals surface area contributed by atoms with Crippen LogP contribution in [0.1, 0.15) is 5.56 Å². The van der Waals surface area contributed by atoms with Crippen LogP contribution in [-0.4, -0.2) is 0 Å². The van der Waals surface area contributed by atoms with Crippen LogP contribution in [0.15, 0.2) is 43.0 Å². The van der Waals surface area contributed by atoms with Crippen LogP contribution in [0.4, 0.5) is 0 Å². The summed E-state index contributed by atoms with van der Waals surface area (Å²) >= 11 is 5.70. The minimum atomic E-state index is 0.765. The number of halogens is 1. The highest BCUT2D eigenvalue weighted by Gasteiger charge is 1.85. The van der Waals surface area contributed by atoms with E-state index in [0.29, 0.717) is 0 Å². The molecule has 0 heterocycles. The number of benzene rings is 1. The molecule has 0 aliphatic rings. The SMILES string of the molecule is C=CC=Cc1ccc(Cl)cc1. The van der Waals surface area contributed by atoms with E-state index in [9.17, 15) is 0 Å². The molecule has 11 heavy (non-hydrogen) atoms. The fraction of sp³-hybridized carbons (Fsp3) is 0. The topological polar surface area (TPSA) is 0 Å². The Kier molecular flexibility index (Phi) is 2.94. The van der Waals surface area contributed by atoms with Gasteiger partial charge in [0.25, 0.3) is 0 Å². The normalized spacial score (nSPS) is 10.3. The Hall–Kier alpha value is -1.01. The largest absolute Gasteiger partial charge is 0.0991 e. The van der Waals surface area contributed by atoms with Gasteiger partial charge in [0, 0.05) is 5.02 Å². The highest BCUT2D eigenvalue weighted by atomic mass is 35.5. The quantitative estimate of drug-likeness (QED) is 0.587. The van der Waals surface area contributed by atoms with E-state index in [1.54, 1.807) is 6.08 Å². The van der Waals surface area contributed by atoms with Crippen molar-refractivity contribution in [3.8, 4) is 0 Å². The number of hydrogen-bond donors (Lipinski definition) is 0. The zero-order valence-corrected chi connectivity index (χ0v) is 6.88. The van der Waals surface area contributed by atoms with Gasteiger partial charge in [-0.1, -0.05) is 48.5 Å². The molecule has 1 heteroatoms. The van der Waals surface area contributed by atoms with Crippen LogP contribution < -0.4 is 0 Å². The van der Waals surface area contributed by atoms with Gasteiger partial charge in [0.1, 0.15) is 0 Å². The molecule has 1 aromatic carbocycles. The van der Waals surface area contributed by atoms with E-state index >= 15 is 0 Å². The lowest BCUT2D eigenvalue weighted by Crippen LogP contribution is -1.68. The van der Waals surface area contributed by atoms with Crippen LogP contribution in [0.5, 0.6) is 0 Å². The van der Waals surface area contributed by atoms with E-state index in [1.807, 2.05) is 36.4 Å². The summed E-state index contributed by atoms with van der Waals surface area (Å²) in [7, 11) is 0. The van der Waals surface area contributed by atoms with Gasteiger partial charge in [-0.15, -0.1) is 0 Å². The summed E-state index contributed by atoms with van der Waals surface area (Å²) in [6.07, 6.45) is 5.61. The van der Waals surface area contributed by atoms with Crippen LogP contribution in [0, 0.1) is 0 Å². The molecule has 1 aromatic rings. The van der Waals surface area contributed by atoms with Crippen LogP contribution >= 0.6 is 11.6 Å². The fourth-order valence-corrected chi connectivity index (χ4v) is 0.879. The molecule has 0 N–H and O–H groups in total.